The number of anilines is 1. The Morgan fingerprint density at radius 3 is 2.38 bits per heavy atom. The Labute approximate surface area is 251 Å². The maximum absolute atomic E-state index is 13.6. The molecule has 0 spiro atoms. The molecule has 1 aliphatic rings. The first-order valence-electron chi connectivity index (χ1n) is 16.0. The molecule has 0 radical (unpaired) electrons. The third-order valence-corrected chi connectivity index (χ3v) is 8.60. The molecule has 1 aliphatic carbocycles. The maximum atomic E-state index is 13.6. The lowest BCUT2D eigenvalue weighted by atomic mass is 9.85. The topological polar surface area (TPSA) is 83.4 Å². The van der Waals surface area contributed by atoms with Crippen LogP contribution in [0.2, 0.25) is 0 Å². The SMILES string of the molecule is CCCCCCCNC(=O)C1CCC(NC(=O)c2cc3ccccc3n2CC(=O)N(CC)c2cccc(CC)c2)CC1. The summed E-state index contributed by atoms with van der Waals surface area (Å²) in [5.74, 6) is -0.0592. The molecule has 4 rings (SSSR count). The van der Waals surface area contributed by atoms with Gasteiger partial charge in [0.25, 0.3) is 5.91 Å². The largest absolute Gasteiger partial charge is 0.356 e. The zero-order valence-corrected chi connectivity index (χ0v) is 25.7. The summed E-state index contributed by atoms with van der Waals surface area (Å²) in [6, 6.07) is 17.8. The van der Waals surface area contributed by atoms with Gasteiger partial charge in [-0.05, 0) is 75.3 Å². The first-order valence-corrected chi connectivity index (χ1v) is 16.0. The Morgan fingerprint density at radius 1 is 0.881 bits per heavy atom. The van der Waals surface area contributed by atoms with Gasteiger partial charge in [-0.2, -0.15) is 0 Å². The molecule has 2 aromatic carbocycles. The van der Waals surface area contributed by atoms with Crippen molar-refractivity contribution in [1.29, 1.82) is 0 Å². The Bertz CT molecular complexity index is 1340. The Kier molecular flexibility index (Phi) is 11.6. The molecule has 0 bridgehead atoms. The lowest BCUT2D eigenvalue weighted by Crippen LogP contribution is -2.42. The number of carbonyl (C=O) groups excluding carboxylic acids is 3. The molecule has 0 saturated heterocycles. The highest BCUT2D eigenvalue weighted by Crippen LogP contribution is 2.26. The number of benzene rings is 2. The smallest absolute Gasteiger partial charge is 0.268 e. The lowest BCUT2D eigenvalue weighted by molar-refractivity contribution is -0.126. The maximum Gasteiger partial charge on any atom is 0.268 e. The molecular formula is C35H48N4O3. The first kappa shape index (κ1) is 31.3. The zero-order chi connectivity index (χ0) is 29.9. The highest BCUT2D eigenvalue weighted by molar-refractivity contribution is 6.01. The number of hydrogen-bond acceptors (Lipinski definition) is 3. The predicted molar refractivity (Wildman–Crippen MR) is 171 cm³/mol. The molecule has 3 amide bonds. The van der Waals surface area contributed by atoms with Crippen LogP contribution in [0.25, 0.3) is 10.9 Å². The standard InChI is InChI=1S/C35H48N4O3/c1-4-7-8-9-12-22-36-34(41)27-18-20-29(21-19-27)37-35(42)32-24-28-15-10-11-17-31(28)39(32)25-33(40)38(6-3)30-16-13-14-26(5-2)23-30/h10-11,13-17,23-24,27,29H,4-9,12,18-22,25H2,1-3H3,(H,36,41)(H,37,42). The van der Waals surface area contributed by atoms with Gasteiger partial charge in [-0.1, -0.05) is 69.9 Å². The van der Waals surface area contributed by atoms with Gasteiger partial charge in [0, 0.05) is 41.6 Å². The monoisotopic (exact) mass is 572 g/mol. The summed E-state index contributed by atoms with van der Waals surface area (Å²) in [7, 11) is 0. The number of nitrogens with zero attached hydrogens (tertiary/aromatic N) is 2. The predicted octanol–water partition coefficient (Wildman–Crippen LogP) is 6.63. The number of amides is 3. The average molecular weight is 573 g/mol. The third-order valence-electron chi connectivity index (χ3n) is 8.60. The van der Waals surface area contributed by atoms with Crippen LogP contribution in [0.15, 0.2) is 54.6 Å². The van der Waals surface area contributed by atoms with Crippen molar-refractivity contribution in [2.75, 3.05) is 18.0 Å². The van der Waals surface area contributed by atoms with E-state index in [1.54, 1.807) is 4.90 Å². The van der Waals surface area contributed by atoms with Gasteiger partial charge in [-0.3, -0.25) is 14.4 Å². The van der Waals surface area contributed by atoms with E-state index in [0.29, 0.717) is 12.2 Å². The van der Waals surface area contributed by atoms with Crippen LogP contribution >= 0.6 is 0 Å². The van der Waals surface area contributed by atoms with Crippen molar-refractivity contribution in [1.82, 2.24) is 15.2 Å². The number of likely N-dealkylation sites (N-methyl/N-ethyl adjacent to an activating group) is 1. The zero-order valence-electron chi connectivity index (χ0n) is 25.7. The number of aryl methyl sites for hydroxylation is 1. The molecule has 1 aromatic heterocycles. The Hall–Kier alpha value is -3.61. The summed E-state index contributed by atoms with van der Waals surface area (Å²) in [6.45, 7) is 7.65. The van der Waals surface area contributed by atoms with Gasteiger partial charge in [0.05, 0.1) is 0 Å². The number of hydrogen-bond donors (Lipinski definition) is 2. The fraction of sp³-hybridized carbons (Fsp3) is 0.514. The number of unbranched alkanes of at least 4 members (excludes halogenated alkanes) is 4. The summed E-state index contributed by atoms with van der Waals surface area (Å²) in [5.41, 5.74) is 3.41. The van der Waals surface area contributed by atoms with Crippen LogP contribution < -0.4 is 15.5 Å². The van der Waals surface area contributed by atoms with Gasteiger partial charge >= 0.3 is 0 Å². The molecule has 1 fully saturated rings. The second kappa shape index (κ2) is 15.6. The van der Waals surface area contributed by atoms with Gasteiger partial charge < -0.3 is 20.1 Å². The number of carbonyl (C=O) groups is 3. The minimum absolute atomic E-state index is 0.0154. The van der Waals surface area contributed by atoms with E-state index in [-0.39, 0.29) is 36.2 Å². The van der Waals surface area contributed by atoms with Gasteiger partial charge in [-0.25, -0.2) is 0 Å². The second-order valence-corrected chi connectivity index (χ2v) is 11.6. The quantitative estimate of drug-likeness (QED) is 0.213. The summed E-state index contributed by atoms with van der Waals surface area (Å²) >= 11 is 0. The second-order valence-electron chi connectivity index (χ2n) is 11.6. The summed E-state index contributed by atoms with van der Waals surface area (Å²) in [5, 5.41) is 7.26. The molecule has 0 unspecified atom stereocenters. The van der Waals surface area contributed by atoms with E-state index in [1.165, 1.54) is 24.8 Å². The van der Waals surface area contributed by atoms with Crippen LogP contribution in [0.1, 0.15) is 94.6 Å². The van der Waals surface area contributed by atoms with Crippen LogP contribution in [-0.2, 0) is 22.6 Å². The number of aromatic nitrogens is 1. The lowest BCUT2D eigenvalue weighted by Gasteiger charge is -2.28. The Morgan fingerprint density at radius 2 is 1.64 bits per heavy atom. The van der Waals surface area contributed by atoms with Crippen LogP contribution in [0.5, 0.6) is 0 Å². The number of rotatable bonds is 14. The molecule has 226 valence electrons. The van der Waals surface area contributed by atoms with E-state index < -0.39 is 0 Å². The van der Waals surface area contributed by atoms with E-state index in [1.807, 2.05) is 54.0 Å². The van der Waals surface area contributed by atoms with Crippen molar-refractivity contribution in [2.24, 2.45) is 5.92 Å². The number of fused-ring (bicyclic) bond motifs is 1. The first-order chi connectivity index (χ1) is 20.4. The average Bonchev–Trinajstić information content (AvgIpc) is 3.38. The van der Waals surface area contributed by atoms with Gasteiger partial charge in [0.1, 0.15) is 12.2 Å². The fourth-order valence-corrected chi connectivity index (χ4v) is 6.08. The summed E-state index contributed by atoms with van der Waals surface area (Å²) < 4.78 is 1.85. The minimum atomic E-state index is -0.171. The molecule has 0 atom stereocenters. The van der Waals surface area contributed by atoms with Crippen molar-refractivity contribution in [3.63, 3.8) is 0 Å². The molecule has 1 saturated carbocycles. The van der Waals surface area contributed by atoms with E-state index in [0.717, 1.165) is 68.1 Å². The number of para-hydroxylation sites is 1. The van der Waals surface area contributed by atoms with Crippen LogP contribution in [0.3, 0.4) is 0 Å². The Balaban J connectivity index is 1.38. The summed E-state index contributed by atoms with van der Waals surface area (Å²) in [6.07, 6.45) is 9.91. The molecule has 1 heterocycles. The van der Waals surface area contributed by atoms with Gasteiger partial charge in [0.15, 0.2) is 0 Å². The molecule has 7 nitrogen and oxygen atoms in total. The van der Waals surface area contributed by atoms with E-state index in [2.05, 4.69) is 36.6 Å². The van der Waals surface area contributed by atoms with E-state index in [9.17, 15) is 14.4 Å². The van der Waals surface area contributed by atoms with E-state index >= 15 is 0 Å². The molecule has 42 heavy (non-hydrogen) atoms. The fourth-order valence-electron chi connectivity index (χ4n) is 6.08. The van der Waals surface area contributed by atoms with E-state index in [4.69, 9.17) is 0 Å². The van der Waals surface area contributed by atoms with Crippen molar-refractivity contribution in [3.8, 4) is 0 Å². The highest BCUT2D eigenvalue weighted by atomic mass is 16.2. The highest BCUT2D eigenvalue weighted by Gasteiger charge is 2.28. The van der Waals surface area contributed by atoms with Crippen molar-refractivity contribution >= 4 is 34.3 Å². The van der Waals surface area contributed by atoms with Crippen molar-refractivity contribution in [3.05, 3.63) is 65.9 Å². The molecule has 7 heteroatoms. The minimum Gasteiger partial charge on any atom is -0.356 e. The molecule has 3 aromatic rings. The molecule has 0 aliphatic heterocycles. The van der Waals surface area contributed by atoms with Gasteiger partial charge in [-0.15, -0.1) is 0 Å². The van der Waals surface area contributed by atoms with Crippen molar-refractivity contribution in [2.45, 2.75) is 97.6 Å². The normalized spacial score (nSPS) is 16.7. The van der Waals surface area contributed by atoms with Crippen LogP contribution in [-0.4, -0.2) is 41.4 Å². The third kappa shape index (κ3) is 8.02. The van der Waals surface area contributed by atoms with Crippen LogP contribution in [0, 0.1) is 5.92 Å². The molecular weight excluding hydrogens is 524 g/mol. The van der Waals surface area contributed by atoms with Gasteiger partial charge in [0.2, 0.25) is 11.8 Å². The summed E-state index contributed by atoms with van der Waals surface area (Å²) in [4.78, 5) is 41.7. The van der Waals surface area contributed by atoms with Crippen molar-refractivity contribution < 1.29 is 14.4 Å². The number of nitrogens with one attached hydrogen (secondary N) is 2. The molecule has 2 N–H and O–H groups in total. The van der Waals surface area contributed by atoms with Crippen LogP contribution in [0.4, 0.5) is 5.69 Å².